The van der Waals surface area contributed by atoms with E-state index in [0.717, 1.165) is 0 Å². The SMILES string of the molecule is C=C(C)C1CCC(c2ccc(O)c(OC)c2)CC1C. The summed E-state index contributed by atoms with van der Waals surface area (Å²) in [6.45, 7) is 8.58. The van der Waals surface area contributed by atoms with Gasteiger partial charge in [0.1, 0.15) is 0 Å². The summed E-state index contributed by atoms with van der Waals surface area (Å²) in [5.74, 6) is 2.70. The van der Waals surface area contributed by atoms with E-state index in [1.54, 1.807) is 13.2 Å². The summed E-state index contributed by atoms with van der Waals surface area (Å²) in [5.41, 5.74) is 2.59. The van der Waals surface area contributed by atoms with Gasteiger partial charge in [0.25, 0.3) is 0 Å². The first kappa shape index (κ1) is 14.0. The van der Waals surface area contributed by atoms with Crippen LogP contribution in [0.15, 0.2) is 30.4 Å². The van der Waals surface area contributed by atoms with E-state index in [1.165, 1.54) is 30.4 Å². The quantitative estimate of drug-likeness (QED) is 0.811. The lowest BCUT2D eigenvalue weighted by Crippen LogP contribution is -2.22. The minimum absolute atomic E-state index is 0.218. The maximum absolute atomic E-state index is 9.66. The van der Waals surface area contributed by atoms with Gasteiger partial charge in [-0.25, -0.2) is 0 Å². The third kappa shape index (κ3) is 2.94. The molecule has 19 heavy (non-hydrogen) atoms. The van der Waals surface area contributed by atoms with Gasteiger partial charge >= 0.3 is 0 Å². The first-order valence-electron chi connectivity index (χ1n) is 7.05. The van der Waals surface area contributed by atoms with Crippen LogP contribution < -0.4 is 4.74 Å². The fourth-order valence-electron chi connectivity index (χ4n) is 3.38. The monoisotopic (exact) mass is 260 g/mol. The highest BCUT2D eigenvalue weighted by Crippen LogP contribution is 2.43. The second-order valence-corrected chi connectivity index (χ2v) is 5.87. The molecule has 1 aromatic carbocycles. The number of methoxy groups -OCH3 is 1. The molecule has 1 aromatic rings. The topological polar surface area (TPSA) is 29.5 Å². The minimum Gasteiger partial charge on any atom is -0.504 e. The molecule has 2 rings (SSSR count). The van der Waals surface area contributed by atoms with Gasteiger partial charge in [-0.1, -0.05) is 25.1 Å². The molecule has 0 aromatic heterocycles. The molecular weight excluding hydrogens is 236 g/mol. The third-order valence-corrected chi connectivity index (χ3v) is 4.48. The van der Waals surface area contributed by atoms with E-state index < -0.39 is 0 Å². The lowest BCUT2D eigenvalue weighted by molar-refractivity contribution is 0.264. The number of benzene rings is 1. The molecular formula is C17H24O2. The van der Waals surface area contributed by atoms with Crippen molar-refractivity contribution in [3.63, 3.8) is 0 Å². The fourth-order valence-corrected chi connectivity index (χ4v) is 3.38. The van der Waals surface area contributed by atoms with Crippen molar-refractivity contribution >= 4 is 0 Å². The molecule has 1 aliphatic rings. The molecule has 0 saturated heterocycles. The molecule has 2 heteroatoms. The molecule has 0 heterocycles. The number of phenolic OH excluding ortho intramolecular Hbond substituents is 1. The maximum atomic E-state index is 9.66. The van der Waals surface area contributed by atoms with Gasteiger partial charge in [0.05, 0.1) is 7.11 Å². The Balaban J connectivity index is 2.14. The largest absolute Gasteiger partial charge is 0.504 e. The second kappa shape index (κ2) is 5.68. The molecule has 104 valence electrons. The standard InChI is InChI=1S/C17H24O2/c1-11(2)15-7-5-13(9-12(15)3)14-6-8-16(18)17(10-14)19-4/h6,8,10,12-13,15,18H,1,5,7,9H2,2-4H3. The smallest absolute Gasteiger partial charge is 0.160 e. The van der Waals surface area contributed by atoms with E-state index >= 15 is 0 Å². The van der Waals surface area contributed by atoms with Gasteiger partial charge in [0.15, 0.2) is 11.5 Å². The summed E-state index contributed by atoms with van der Waals surface area (Å²) in [7, 11) is 1.60. The third-order valence-electron chi connectivity index (χ3n) is 4.48. The average Bonchev–Trinajstić information content (AvgIpc) is 2.38. The summed E-state index contributed by atoms with van der Waals surface area (Å²) in [6.07, 6.45) is 3.59. The number of allylic oxidation sites excluding steroid dienone is 1. The number of ether oxygens (including phenoxy) is 1. The predicted octanol–water partition coefficient (Wildman–Crippen LogP) is 4.50. The number of rotatable bonds is 3. The molecule has 0 aliphatic heterocycles. The van der Waals surface area contributed by atoms with Gasteiger partial charge in [-0.15, -0.1) is 0 Å². The number of phenols is 1. The molecule has 3 unspecified atom stereocenters. The number of hydrogen-bond acceptors (Lipinski definition) is 2. The van der Waals surface area contributed by atoms with Crippen molar-refractivity contribution in [1.82, 2.24) is 0 Å². The zero-order chi connectivity index (χ0) is 14.0. The molecule has 0 radical (unpaired) electrons. The van der Waals surface area contributed by atoms with E-state index in [0.29, 0.717) is 23.5 Å². The Kier molecular flexibility index (Phi) is 4.18. The molecule has 2 nitrogen and oxygen atoms in total. The van der Waals surface area contributed by atoms with E-state index in [4.69, 9.17) is 4.74 Å². The van der Waals surface area contributed by atoms with Crippen molar-refractivity contribution in [1.29, 1.82) is 0 Å². The lowest BCUT2D eigenvalue weighted by Gasteiger charge is -2.35. The summed E-state index contributed by atoms with van der Waals surface area (Å²) >= 11 is 0. The summed E-state index contributed by atoms with van der Waals surface area (Å²) < 4.78 is 5.20. The molecule has 0 amide bonds. The van der Waals surface area contributed by atoms with E-state index in [2.05, 4.69) is 20.4 Å². The van der Waals surface area contributed by atoms with Gasteiger partial charge in [-0.3, -0.25) is 0 Å². The van der Waals surface area contributed by atoms with Crippen LogP contribution in [0.3, 0.4) is 0 Å². The van der Waals surface area contributed by atoms with Gasteiger partial charge in [-0.2, -0.15) is 0 Å². The number of aromatic hydroxyl groups is 1. The summed E-state index contributed by atoms with van der Waals surface area (Å²) in [4.78, 5) is 0. The molecule has 1 fully saturated rings. The van der Waals surface area contributed by atoms with Gasteiger partial charge in [-0.05, 0) is 61.6 Å². The maximum Gasteiger partial charge on any atom is 0.160 e. The molecule has 0 bridgehead atoms. The van der Waals surface area contributed by atoms with Crippen LogP contribution in [0, 0.1) is 11.8 Å². The van der Waals surface area contributed by atoms with Crippen LogP contribution in [0.25, 0.3) is 0 Å². The van der Waals surface area contributed by atoms with E-state index in [-0.39, 0.29) is 5.75 Å². The molecule has 1 N–H and O–H groups in total. The Morgan fingerprint density at radius 1 is 1.37 bits per heavy atom. The van der Waals surface area contributed by atoms with Crippen molar-refractivity contribution < 1.29 is 9.84 Å². The Morgan fingerprint density at radius 3 is 2.68 bits per heavy atom. The first-order chi connectivity index (χ1) is 9.02. The zero-order valence-electron chi connectivity index (χ0n) is 12.1. The van der Waals surface area contributed by atoms with Gasteiger partial charge in [0.2, 0.25) is 0 Å². The molecule has 1 saturated carbocycles. The normalized spacial score (nSPS) is 27.0. The van der Waals surface area contributed by atoms with Crippen molar-refractivity contribution in [3.8, 4) is 11.5 Å². The van der Waals surface area contributed by atoms with Crippen molar-refractivity contribution in [3.05, 3.63) is 35.9 Å². The zero-order valence-corrected chi connectivity index (χ0v) is 12.1. The Bertz CT molecular complexity index is 464. The van der Waals surface area contributed by atoms with Gasteiger partial charge < -0.3 is 9.84 Å². The van der Waals surface area contributed by atoms with Crippen LogP contribution in [0.1, 0.15) is 44.6 Å². The highest BCUT2D eigenvalue weighted by molar-refractivity contribution is 5.43. The molecule has 1 aliphatic carbocycles. The Morgan fingerprint density at radius 2 is 2.11 bits per heavy atom. The minimum atomic E-state index is 0.218. The van der Waals surface area contributed by atoms with Crippen LogP contribution in [-0.4, -0.2) is 12.2 Å². The predicted molar refractivity (Wildman–Crippen MR) is 78.7 cm³/mol. The highest BCUT2D eigenvalue weighted by Gasteiger charge is 2.29. The summed E-state index contributed by atoms with van der Waals surface area (Å²) in [6, 6.07) is 5.74. The van der Waals surface area contributed by atoms with Crippen LogP contribution in [0.4, 0.5) is 0 Å². The fraction of sp³-hybridized carbons (Fsp3) is 0.529. The number of hydrogen-bond donors (Lipinski definition) is 1. The van der Waals surface area contributed by atoms with Crippen LogP contribution in [-0.2, 0) is 0 Å². The van der Waals surface area contributed by atoms with E-state index in [9.17, 15) is 5.11 Å². The van der Waals surface area contributed by atoms with Gasteiger partial charge in [0, 0.05) is 0 Å². The van der Waals surface area contributed by atoms with Crippen molar-refractivity contribution in [2.75, 3.05) is 7.11 Å². The highest BCUT2D eigenvalue weighted by atomic mass is 16.5. The molecule has 3 atom stereocenters. The lowest BCUT2D eigenvalue weighted by atomic mass is 9.70. The molecule has 0 spiro atoms. The van der Waals surface area contributed by atoms with Crippen molar-refractivity contribution in [2.24, 2.45) is 11.8 Å². The Hall–Kier alpha value is -1.44. The summed E-state index contributed by atoms with van der Waals surface area (Å²) in [5, 5.41) is 9.66. The van der Waals surface area contributed by atoms with Crippen LogP contribution in [0.5, 0.6) is 11.5 Å². The average molecular weight is 260 g/mol. The van der Waals surface area contributed by atoms with E-state index in [1.807, 2.05) is 12.1 Å². The van der Waals surface area contributed by atoms with Crippen LogP contribution in [0.2, 0.25) is 0 Å². The van der Waals surface area contributed by atoms with Crippen molar-refractivity contribution in [2.45, 2.75) is 39.0 Å². The van der Waals surface area contributed by atoms with Crippen LogP contribution >= 0.6 is 0 Å². The first-order valence-corrected chi connectivity index (χ1v) is 7.05. The second-order valence-electron chi connectivity index (χ2n) is 5.87. The Labute approximate surface area is 116 Å².